The van der Waals surface area contributed by atoms with Crippen LogP contribution in [0.5, 0.6) is 5.75 Å². The highest BCUT2D eigenvalue weighted by Gasteiger charge is 2.11. The molecule has 0 spiro atoms. The highest BCUT2D eigenvalue weighted by molar-refractivity contribution is 7.99. The van der Waals surface area contributed by atoms with E-state index in [1.165, 1.54) is 11.8 Å². The third kappa shape index (κ3) is 6.00. The van der Waals surface area contributed by atoms with E-state index >= 15 is 0 Å². The number of carbonyl (C=O) groups excluding carboxylic acids is 1. The first-order chi connectivity index (χ1) is 13.6. The van der Waals surface area contributed by atoms with E-state index in [4.69, 9.17) is 20.8 Å². The van der Waals surface area contributed by atoms with Crippen molar-refractivity contribution < 1.29 is 13.9 Å². The number of nitrogens with one attached hydrogen (secondary N) is 1. The Kier molecular flexibility index (Phi) is 7.33. The van der Waals surface area contributed by atoms with Crippen molar-refractivity contribution in [2.24, 2.45) is 0 Å². The Morgan fingerprint density at radius 3 is 2.79 bits per heavy atom. The smallest absolute Gasteiger partial charge is 0.277 e. The molecule has 8 heteroatoms. The van der Waals surface area contributed by atoms with Crippen molar-refractivity contribution in [1.82, 2.24) is 15.5 Å². The van der Waals surface area contributed by atoms with E-state index in [2.05, 4.69) is 15.5 Å². The van der Waals surface area contributed by atoms with Gasteiger partial charge in [0.2, 0.25) is 11.8 Å². The molecule has 0 atom stereocenters. The molecule has 0 unspecified atom stereocenters. The van der Waals surface area contributed by atoms with Crippen molar-refractivity contribution in [3.8, 4) is 17.2 Å². The van der Waals surface area contributed by atoms with Gasteiger partial charge in [-0.1, -0.05) is 35.5 Å². The van der Waals surface area contributed by atoms with E-state index in [1.807, 2.05) is 55.5 Å². The zero-order valence-electron chi connectivity index (χ0n) is 15.4. The molecule has 0 saturated heterocycles. The van der Waals surface area contributed by atoms with Crippen molar-refractivity contribution in [2.45, 2.75) is 18.6 Å². The molecule has 1 heterocycles. The SMILES string of the molecule is CCOc1ccc(-c2nnc(SCC(=O)NCCc3cccc(Cl)c3)o2)cc1. The fourth-order valence-electron chi connectivity index (χ4n) is 2.46. The average molecular weight is 418 g/mol. The van der Waals surface area contributed by atoms with Crippen LogP contribution in [0.3, 0.4) is 0 Å². The third-order valence-corrected chi connectivity index (χ3v) is 4.82. The third-order valence-electron chi connectivity index (χ3n) is 3.77. The second kappa shape index (κ2) is 10.1. The number of hydrogen-bond donors (Lipinski definition) is 1. The molecule has 0 fully saturated rings. The molecule has 3 aromatic rings. The van der Waals surface area contributed by atoms with Crippen molar-refractivity contribution in [1.29, 1.82) is 0 Å². The van der Waals surface area contributed by atoms with Crippen molar-refractivity contribution >= 4 is 29.3 Å². The van der Waals surface area contributed by atoms with E-state index in [-0.39, 0.29) is 11.7 Å². The number of hydrogen-bond acceptors (Lipinski definition) is 6. The number of amides is 1. The van der Waals surface area contributed by atoms with Crippen LogP contribution in [0, 0.1) is 0 Å². The maximum absolute atomic E-state index is 12.0. The van der Waals surface area contributed by atoms with Crippen LogP contribution in [0.4, 0.5) is 0 Å². The molecule has 0 radical (unpaired) electrons. The van der Waals surface area contributed by atoms with Crippen molar-refractivity contribution in [3.05, 3.63) is 59.1 Å². The Bertz CT molecular complexity index is 915. The number of thioether (sulfide) groups is 1. The fraction of sp³-hybridized carbons (Fsp3) is 0.250. The van der Waals surface area contributed by atoms with Crippen LogP contribution in [0.2, 0.25) is 5.02 Å². The Morgan fingerprint density at radius 2 is 2.04 bits per heavy atom. The minimum absolute atomic E-state index is 0.0900. The van der Waals surface area contributed by atoms with Crippen molar-refractivity contribution in [3.63, 3.8) is 0 Å². The second-order valence-corrected chi connectivity index (χ2v) is 7.21. The predicted molar refractivity (Wildman–Crippen MR) is 110 cm³/mol. The van der Waals surface area contributed by atoms with Crippen LogP contribution in [-0.4, -0.2) is 35.0 Å². The Labute approximate surface area is 172 Å². The zero-order valence-corrected chi connectivity index (χ0v) is 16.9. The molecule has 0 aliphatic carbocycles. The van der Waals surface area contributed by atoms with E-state index < -0.39 is 0 Å². The normalized spacial score (nSPS) is 10.6. The maximum Gasteiger partial charge on any atom is 0.277 e. The summed E-state index contributed by atoms with van der Waals surface area (Å²) in [6.07, 6.45) is 0.722. The standard InChI is InChI=1S/C20H20ClN3O3S/c1-2-26-17-8-6-15(7-9-17)19-23-24-20(27-19)28-13-18(25)22-11-10-14-4-3-5-16(21)12-14/h3-9,12H,2,10-11,13H2,1H3,(H,22,25). The lowest BCUT2D eigenvalue weighted by atomic mass is 10.1. The Morgan fingerprint density at radius 1 is 1.21 bits per heavy atom. The van der Waals surface area contributed by atoms with E-state index in [0.29, 0.717) is 29.3 Å². The Hall–Kier alpha value is -2.51. The van der Waals surface area contributed by atoms with Gasteiger partial charge in [-0.25, -0.2) is 0 Å². The monoisotopic (exact) mass is 417 g/mol. The lowest BCUT2D eigenvalue weighted by Crippen LogP contribution is -2.27. The minimum atomic E-state index is -0.0900. The van der Waals surface area contributed by atoms with Gasteiger partial charge in [0.25, 0.3) is 5.22 Å². The molecular formula is C20H20ClN3O3S. The summed E-state index contributed by atoms with van der Waals surface area (Å²) >= 11 is 7.16. The molecule has 6 nitrogen and oxygen atoms in total. The van der Waals surface area contributed by atoms with Gasteiger partial charge in [0.1, 0.15) is 5.75 Å². The Balaban J connectivity index is 1.44. The molecular weight excluding hydrogens is 398 g/mol. The molecule has 2 aromatic carbocycles. The maximum atomic E-state index is 12.0. The molecule has 0 aliphatic rings. The van der Waals surface area contributed by atoms with Gasteiger partial charge in [0.05, 0.1) is 12.4 Å². The molecule has 1 aromatic heterocycles. The molecule has 0 saturated carbocycles. The van der Waals surface area contributed by atoms with Crippen LogP contribution in [0.15, 0.2) is 58.2 Å². The molecule has 1 amide bonds. The number of benzene rings is 2. The molecule has 0 aliphatic heterocycles. The van der Waals surface area contributed by atoms with Gasteiger partial charge >= 0.3 is 0 Å². The van der Waals surface area contributed by atoms with Crippen LogP contribution >= 0.6 is 23.4 Å². The topological polar surface area (TPSA) is 77.2 Å². The van der Waals surface area contributed by atoms with Gasteiger partial charge in [-0.15, -0.1) is 10.2 Å². The summed E-state index contributed by atoms with van der Waals surface area (Å²) < 4.78 is 11.0. The van der Waals surface area contributed by atoms with Gasteiger partial charge in [0, 0.05) is 17.1 Å². The lowest BCUT2D eigenvalue weighted by molar-refractivity contribution is -0.118. The van der Waals surface area contributed by atoms with Gasteiger partial charge < -0.3 is 14.5 Å². The molecule has 3 rings (SSSR count). The number of halogens is 1. The highest BCUT2D eigenvalue weighted by atomic mass is 35.5. The number of nitrogens with zero attached hydrogens (tertiary/aromatic N) is 2. The van der Waals surface area contributed by atoms with E-state index in [9.17, 15) is 4.79 Å². The van der Waals surface area contributed by atoms with Gasteiger partial charge in [-0.2, -0.15) is 0 Å². The summed E-state index contributed by atoms with van der Waals surface area (Å²) in [5, 5.41) is 11.9. The number of ether oxygens (including phenoxy) is 1. The molecule has 1 N–H and O–H groups in total. The average Bonchev–Trinajstić information content (AvgIpc) is 3.16. The number of rotatable bonds is 9. The first kappa shape index (κ1) is 20.2. The van der Waals surface area contributed by atoms with E-state index in [1.54, 1.807) is 0 Å². The lowest BCUT2D eigenvalue weighted by Gasteiger charge is -2.04. The fourth-order valence-corrected chi connectivity index (χ4v) is 3.27. The van der Waals surface area contributed by atoms with Crippen molar-refractivity contribution in [2.75, 3.05) is 18.9 Å². The second-order valence-electron chi connectivity index (χ2n) is 5.85. The zero-order chi connectivity index (χ0) is 19.8. The largest absolute Gasteiger partial charge is 0.494 e. The van der Waals surface area contributed by atoms with Crippen LogP contribution in [0.25, 0.3) is 11.5 Å². The summed E-state index contributed by atoms with van der Waals surface area (Å²) in [5.41, 5.74) is 1.88. The summed E-state index contributed by atoms with van der Waals surface area (Å²) in [7, 11) is 0. The molecule has 146 valence electrons. The number of carbonyl (C=O) groups is 1. The summed E-state index contributed by atoms with van der Waals surface area (Å²) in [4.78, 5) is 12.0. The minimum Gasteiger partial charge on any atom is -0.494 e. The first-order valence-electron chi connectivity index (χ1n) is 8.84. The van der Waals surface area contributed by atoms with E-state index in [0.717, 1.165) is 23.3 Å². The quantitative estimate of drug-likeness (QED) is 0.525. The highest BCUT2D eigenvalue weighted by Crippen LogP contribution is 2.24. The summed E-state index contributed by atoms with van der Waals surface area (Å²) in [6.45, 7) is 3.09. The van der Waals surface area contributed by atoms with Gasteiger partial charge in [-0.3, -0.25) is 4.79 Å². The first-order valence-corrected chi connectivity index (χ1v) is 10.2. The van der Waals surface area contributed by atoms with Gasteiger partial charge in [0.15, 0.2) is 0 Å². The predicted octanol–water partition coefficient (Wildman–Crippen LogP) is 4.24. The van der Waals surface area contributed by atoms with Crippen LogP contribution < -0.4 is 10.1 Å². The molecule has 0 bridgehead atoms. The number of aromatic nitrogens is 2. The molecule has 28 heavy (non-hydrogen) atoms. The van der Waals surface area contributed by atoms with Gasteiger partial charge in [-0.05, 0) is 55.3 Å². The van der Waals surface area contributed by atoms with Crippen LogP contribution in [-0.2, 0) is 11.2 Å². The summed E-state index contributed by atoms with van der Waals surface area (Å²) in [6, 6.07) is 15.0. The van der Waals surface area contributed by atoms with Crippen LogP contribution in [0.1, 0.15) is 12.5 Å². The summed E-state index contributed by atoms with van der Waals surface area (Å²) in [5.74, 6) is 1.31.